The van der Waals surface area contributed by atoms with E-state index in [0.717, 1.165) is 12.1 Å². The minimum Gasteiger partial charge on any atom is -0.479 e. The van der Waals surface area contributed by atoms with Crippen LogP contribution in [-0.4, -0.2) is 16.2 Å². The lowest BCUT2D eigenvalue weighted by atomic mass is 10.0. The number of nitrogen functional groups attached to an aromatic ring is 1. The lowest BCUT2D eigenvalue weighted by molar-refractivity contribution is -0.146. The number of halogens is 4. The molecule has 0 amide bonds. The summed E-state index contributed by atoms with van der Waals surface area (Å²) in [5.41, 5.74) is 2.84. The quantitative estimate of drug-likeness (QED) is 0.718. The SMILES string of the molecule is Nc1cc(C(O)C(=O)O)cc(Cl)c1C(F)(F)F. The van der Waals surface area contributed by atoms with Crippen molar-refractivity contribution < 1.29 is 28.2 Å². The zero-order valence-corrected chi connectivity index (χ0v) is 8.88. The number of benzene rings is 1. The smallest absolute Gasteiger partial charge is 0.419 e. The van der Waals surface area contributed by atoms with Crippen LogP contribution in [0.15, 0.2) is 12.1 Å². The van der Waals surface area contributed by atoms with Gasteiger partial charge in [-0.2, -0.15) is 13.2 Å². The Morgan fingerprint density at radius 1 is 1.41 bits per heavy atom. The second-order valence-electron chi connectivity index (χ2n) is 3.21. The van der Waals surface area contributed by atoms with Crippen LogP contribution in [0.25, 0.3) is 0 Å². The van der Waals surface area contributed by atoms with Crippen LogP contribution in [0.5, 0.6) is 0 Å². The maximum Gasteiger partial charge on any atom is 0.419 e. The normalized spacial score (nSPS) is 13.5. The molecule has 1 atom stereocenters. The van der Waals surface area contributed by atoms with Gasteiger partial charge in [-0.25, -0.2) is 4.79 Å². The van der Waals surface area contributed by atoms with Crippen molar-refractivity contribution in [3.63, 3.8) is 0 Å². The molecule has 0 heterocycles. The summed E-state index contributed by atoms with van der Waals surface area (Å²) < 4.78 is 37.4. The third-order valence-corrected chi connectivity index (χ3v) is 2.27. The van der Waals surface area contributed by atoms with E-state index in [2.05, 4.69) is 0 Å². The van der Waals surface area contributed by atoms with Crippen molar-refractivity contribution in [2.45, 2.75) is 12.3 Å². The van der Waals surface area contributed by atoms with Gasteiger partial charge < -0.3 is 15.9 Å². The van der Waals surface area contributed by atoms with Crippen LogP contribution in [0.4, 0.5) is 18.9 Å². The zero-order valence-electron chi connectivity index (χ0n) is 8.12. The Labute approximate surface area is 98.4 Å². The van der Waals surface area contributed by atoms with Gasteiger partial charge in [0, 0.05) is 5.69 Å². The van der Waals surface area contributed by atoms with Gasteiger partial charge in [-0.05, 0) is 17.7 Å². The Kier molecular flexibility index (Phi) is 3.53. The molecule has 17 heavy (non-hydrogen) atoms. The molecule has 4 nitrogen and oxygen atoms in total. The summed E-state index contributed by atoms with van der Waals surface area (Å²) >= 11 is 5.36. The number of carbonyl (C=O) groups is 1. The number of hydrogen-bond acceptors (Lipinski definition) is 3. The molecule has 0 saturated carbocycles. The highest BCUT2D eigenvalue weighted by Gasteiger charge is 2.36. The maximum absolute atomic E-state index is 12.5. The monoisotopic (exact) mass is 269 g/mol. The summed E-state index contributed by atoms with van der Waals surface area (Å²) in [6, 6.07) is 1.45. The number of rotatable bonds is 2. The first-order chi connectivity index (χ1) is 7.64. The molecule has 1 unspecified atom stereocenters. The van der Waals surface area contributed by atoms with Crippen molar-refractivity contribution in [2.75, 3.05) is 5.73 Å². The van der Waals surface area contributed by atoms with Gasteiger partial charge in [0.1, 0.15) is 0 Å². The molecule has 0 bridgehead atoms. The summed E-state index contributed by atoms with van der Waals surface area (Å²) in [6.07, 6.45) is -6.72. The van der Waals surface area contributed by atoms with Crippen LogP contribution in [0.3, 0.4) is 0 Å². The van der Waals surface area contributed by atoms with E-state index in [1.54, 1.807) is 0 Å². The predicted molar refractivity (Wildman–Crippen MR) is 53.5 cm³/mol. The molecule has 0 aliphatic carbocycles. The minimum absolute atomic E-state index is 0.312. The number of aliphatic hydroxyl groups excluding tert-OH is 1. The van der Waals surface area contributed by atoms with Crippen molar-refractivity contribution >= 4 is 23.3 Å². The first-order valence-electron chi connectivity index (χ1n) is 4.21. The molecule has 0 saturated heterocycles. The van der Waals surface area contributed by atoms with Crippen LogP contribution < -0.4 is 5.73 Å². The molecular weight excluding hydrogens is 263 g/mol. The van der Waals surface area contributed by atoms with Crippen molar-refractivity contribution in [3.05, 3.63) is 28.3 Å². The van der Waals surface area contributed by atoms with Gasteiger partial charge in [-0.1, -0.05) is 11.6 Å². The molecule has 0 aromatic heterocycles. The van der Waals surface area contributed by atoms with Crippen LogP contribution in [0.2, 0.25) is 5.02 Å². The van der Waals surface area contributed by atoms with Crippen molar-refractivity contribution in [3.8, 4) is 0 Å². The zero-order chi connectivity index (χ0) is 13.4. The van der Waals surface area contributed by atoms with Crippen molar-refractivity contribution in [2.24, 2.45) is 0 Å². The number of alkyl halides is 3. The van der Waals surface area contributed by atoms with E-state index in [1.165, 1.54) is 0 Å². The highest BCUT2D eigenvalue weighted by atomic mass is 35.5. The van der Waals surface area contributed by atoms with E-state index >= 15 is 0 Å². The molecule has 8 heteroatoms. The molecule has 0 radical (unpaired) electrons. The number of hydrogen-bond donors (Lipinski definition) is 3. The van der Waals surface area contributed by atoms with E-state index in [0.29, 0.717) is 0 Å². The fourth-order valence-corrected chi connectivity index (χ4v) is 1.59. The maximum atomic E-state index is 12.5. The Morgan fingerprint density at radius 2 is 1.94 bits per heavy atom. The van der Waals surface area contributed by atoms with Gasteiger partial charge in [0.15, 0.2) is 6.10 Å². The fraction of sp³-hybridized carbons (Fsp3) is 0.222. The minimum atomic E-state index is -4.74. The molecule has 94 valence electrons. The van der Waals surface area contributed by atoms with Crippen LogP contribution in [0, 0.1) is 0 Å². The molecule has 0 aliphatic rings. The summed E-state index contributed by atoms with van der Waals surface area (Å²) in [7, 11) is 0. The van der Waals surface area contributed by atoms with E-state index in [-0.39, 0.29) is 5.56 Å². The molecule has 1 rings (SSSR count). The predicted octanol–water partition coefficient (Wildman–Crippen LogP) is 2.06. The van der Waals surface area contributed by atoms with Crippen molar-refractivity contribution in [1.29, 1.82) is 0 Å². The molecule has 0 fully saturated rings. The second-order valence-corrected chi connectivity index (χ2v) is 3.61. The van der Waals surface area contributed by atoms with Gasteiger partial charge in [-0.3, -0.25) is 0 Å². The molecule has 0 spiro atoms. The lowest BCUT2D eigenvalue weighted by Gasteiger charge is -2.14. The number of anilines is 1. The van der Waals surface area contributed by atoms with Crippen molar-refractivity contribution in [1.82, 2.24) is 0 Å². The topological polar surface area (TPSA) is 83.5 Å². The van der Waals surface area contributed by atoms with E-state index in [9.17, 15) is 18.0 Å². The summed E-state index contributed by atoms with van der Waals surface area (Å²) in [6.45, 7) is 0. The Morgan fingerprint density at radius 3 is 2.29 bits per heavy atom. The second kappa shape index (κ2) is 4.42. The van der Waals surface area contributed by atoms with E-state index < -0.39 is 34.5 Å². The molecular formula is C9H7ClF3NO3. The molecule has 0 aliphatic heterocycles. The van der Waals surface area contributed by atoms with Gasteiger partial charge in [0.2, 0.25) is 0 Å². The fourth-order valence-electron chi connectivity index (χ4n) is 1.25. The summed E-state index contributed by atoms with van der Waals surface area (Å²) in [5.74, 6) is -1.61. The average molecular weight is 270 g/mol. The Hall–Kier alpha value is -1.47. The summed E-state index contributed by atoms with van der Waals surface area (Å²) in [5, 5.41) is 16.9. The Balaban J connectivity index is 3.33. The van der Waals surface area contributed by atoms with E-state index in [4.69, 9.17) is 27.5 Å². The third-order valence-electron chi connectivity index (χ3n) is 1.98. The van der Waals surface area contributed by atoms with Crippen LogP contribution >= 0.6 is 11.6 Å². The van der Waals surface area contributed by atoms with Gasteiger partial charge in [0.25, 0.3) is 0 Å². The summed E-state index contributed by atoms with van der Waals surface area (Å²) in [4.78, 5) is 10.4. The number of aliphatic carboxylic acids is 1. The molecule has 1 aromatic rings. The lowest BCUT2D eigenvalue weighted by Crippen LogP contribution is -2.14. The standard InChI is InChI=1S/C9H7ClF3NO3/c10-4-1-3(7(15)8(16)17)2-5(14)6(4)9(11,12)13/h1-2,7,15H,14H2,(H,16,17). The number of carboxylic acids is 1. The molecule has 1 aromatic carbocycles. The first kappa shape index (κ1) is 13.6. The Bertz CT molecular complexity index is 438. The van der Waals surface area contributed by atoms with Gasteiger partial charge in [-0.15, -0.1) is 0 Å². The third kappa shape index (κ3) is 2.80. The van der Waals surface area contributed by atoms with Crippen LogP contribution in [-0.2, 0) is 11.0 Å². The number of nitrogens with two attached hydrogens (primary N) is 1. The van der Waals surface area contributed by atoms with E-state index in [1.807, 2.05) is 0 Å². The first-order valence-corrected chi connectivity index (χ1v) is 4.59. The largest absolute Gasteiger partial charge is 0.479 e. The van der Waals surface area contributed by atoms with Gasteiger partial charge >= 0.3 is 12.1 Å². The van der Waals surface area contributed by atoms with Crippen LogP contribution in [0.1, 0.15) is 17.2 Å². The number of carboxylic acid groups (broad SMARTS) is 1. The average Bonchev–Trinajstić information content (AvgIpc) is 2.12. The van der Waals surface area contributed by atoms with Gasteiger partial charge in [0.05, 0.1) is 10.6 Å². The number of aliphatic hydroxyl groups is 1. The molecule has 4 N–H and O–H groups in total. The highest BCUT2D eigenvalue weighted by molar-refractivity contribution is 6.32. The highest BCUT2D eigenvalue weighted by Crippen LogP contribution is 2.40.